The van der Waals surface area contributed by atoms with Crippen molar-refractivity contribution in [2.75, 3.05) is 13.2 Å². The standard InChI is InChI=1S/C26H22N2O4S/c29-24(30)18-32-22-13-11-20(12-14-22)17-23-25(31)28(16-15-19-7-3-1-4-8-19)26(33-23)27-21-9-5-2-6-10-21/h1-14,17H,15-16,18H2,(H,29,30)/b23-17-,27-26?. The fourth-order valence-corrected chi connectivity index (χ4v) is 4.27. The molecule has 0 bridgehead atoms. The van der Waals surface area contributed by atoms with Gasteiger partial charge < -0.3 is 9.84 Å². The van der Waals surface area contributed by atoms with E-state index in [1.54, 1.807) is 29.2 Å². The molecule has 3 aromatic rings. The van der Waals surface area contributed by atoms with Crippen LogP contribution in [0.25, 0.3) is 6.08 Å². The quantitative estimate of drug-likeness (QED) is 0.481. The minimum Gasteiger partial charge on any atom is -0.482 e. The summed E-state index contributed by atoms with van der Waals surface area (Å²) < 4.78 is 5.17. The van der Waals surface area contributed by atoms with Crippen LogP contribution in [-0.4, -0.2) is 40.2 Å². The lowest BCUT2D eigenvalue weighted by molar-refractivity contribution is -0.139. The van der Waals surface area contributed by atoms with E-state index >= 15 is 0 Å². The summed E-state index contributed by atoms with van der Waals surface area (Å²) in [5.41, 5.74) is 2.76. The highest BCUT2D eigenvalue weighted by Gasteiger charge is 2.33. The van der Waals surface area contributed by atoms with Crippen LogP contribution in [0.1, 0.15) is 11.1 Å². The highest BCUT2D eigenvalue weighted by atomic mass is 32.2. The van der Waals surface area contributed by atoms with E-state index in [1.807, 2.05) is 66.7 Å². The summed E-state index contributed by atoms with van der Waals surface area (Å²) in [6.07, 6.45) is 2.54. The van der Waals surface area contributed by atoms with E-state index in [2.05, 4.69) is 0 Å². The molecule has 3 aromatic carbocycles. The zero-order chi connectivity index (χ0) is 23.0. The van der Waals surface area contributed by atoms with E-state index < -0.39 is 12.6 Å². The summed E-state index contributed by atoms with van der Waals surface area (Å²) in [4.78, 5) is 30.9. The number of aliphatic carboxylic acids is 1. The van der Waals surface area contributed by atoms with Crippen molar-refractivity contribution in [3.8, 4) is 5.75 Å². The molecule has 0 aliphatic carbocycles. The van der Waals surface area contributed by atoms with Crippen molar-refractivity contribution < 1.29 is 19.4 Å². The number of carbonyl (C=O) groups excluding carboxylic acids is 1. The molecule has 0 atom stereocenters. The summed E-state index contributed by atoms with van der Waals surface area (Å²) in [5, 5.41) is 9.38. The Hall–Kier alpha value is -3.84. The van der Waals surface area contributed by atoms with Crippen molar-refractivity contribution in [1.29, 1.82) is 0 Å². The molecule has 0 unspecified atom stereocenters. The van der Waals surface area contributed by atoms with E-state index in [9.17, 15) is 9.59 Å². The van der Waals surface area contributed by atoms with Crippen LogP contribution in [0.4, 0.5) is 5.69 Å². The summed E-state index contributed by atoms with van der Waals surface area (Å²) in [7, 11) is 0. The molecule has 1 N–H and O–H groups in total. The zero-order valence-electron chi connectivity index (χ0n) is 17.8. The van der Waals surface area contributed by atoms with Gasteiger partial charge in [-0.15, -0.1) is 0 Å². The SMILES string of the molecule is O=C(O)COc1ccc(/C=C2\SC(=Nc3ccccc3)N(CCc3ccccc3)C2=O)cc1. The van der Waals surface area contributed by atoms with Crippen LogP contribution in [0.3, 0.4) is 0 Å². The number of ether oxygens (including phenoxy) is 1. The van der Waals surface area contributed by atoms with Gasteiger partial charge in [-0.25, -0.2) is 9.79 Å². The molecule has 166 valence electrons. The molecule has 6 nitrogen and oxygen atoms in total. The Kier molecular flexibility index (Phi) is 7.22. The summed E-state index contributed by atoms with van der Waals surface area (Å²) in [6.45, 7) is 0.130. The van der Waals surface area contributed by atoms with Crippen LogP contribution in [0.5, 0.6) is 5.75 Å². The Morgan fingerprint density at radius 3 is 2.30 bits per heavy atom. The van der Waals surface area contributed by atoms with E-state index in [0.29, 0.717) is 22.4 Å². The Bertz CT molecular complexity index is 1180. The summed E-state index contributed by atoms with van der Waals surface area (Å²) >= 11 is 1.35. The lowest BCUT2D eigenvalue weighted by atomic mass is 10.1. The van der Waals surface area contributed by atoms with Gasteiger partial charge in [-0.2, -0.15) is 0 Å². The number of hydrogen-bond acceptors (Lipinski definition) is 5. The highest BCUT2D eigenvalue weighted by molar-refractivity contribution is 8.18. The normalized spacial score (nSPS) is 15.9. The van der Waals surface area contributed by atoms with Gasteiger partial charge in [0.15, 0.2) is 11.8 Å². The maximum Gasteiger partial charge on any atom is 0.341 e. The van der Waals surface area contributed by atoms with Crippen LogP contribution in [0.2, 0.25) is 0 Å². The Balaban J connectivity index is 1.55. The number of hydrogen-bond donors (Lipinski definition) is 1. The molecule has 1 heterocycles. The molecule has 0 spiro atoms. The first-order chi connectivity index (χ1) is 16.1. The van der Waals surface area contributed by atoms with Crippen molar-refractivity contribution in [1.82, 2.24) is 4.90 Å². The highest BCUT2D eigenvalue weighted by Crippen LogP contribution is 2.34. The van der Waals surface area contributed by atoms with Gasteiger partial charge in [-0.1, -0.05) is 60.7 Å². The number of thioether (sulfide) groups is 1. The Labute approximate surface area is 196 Å². The smallest absolute Gasteiger partial charge is 0.341 e. The van der Waals surface area contributed by atoms with Gasteiger partial charge in [0.2, 0.25) is 0 Å². The first-order valence-electron chi connectivity index (χ1n) is 10.4. The van der Waals surface area contributed by atoms with Gasteiger partial charge in [0.1, 0.15) is 5.75 Å². The topological polar surface area (TPSA) is 79.2 Å². The number of para-hydroxylation sites is 1. The fourth-order valence-electron chi connectivity index (χ4n) is 3.24. The second-order valence-electron chi connectivity index (χ2n) is 7.28. The average molecular weight is 459 g/mol. The van der Waals surface area contributed by atoms with E-state index in [-0.39, 0.29) is 5.91 Å². The van der Waals surface area contributed by atoms with E-state index in [0.717, 1.165) is 23.2 Å². The molecule has 1 aliphatic rings. The lowest BCUT2D eigenvalue weighted by Gasteiger charge is -2.15. The number of nitrogens with zero attached hydrogens (tertiary/aromatic N) is 2. The van der Waals surface area contributed by atoms with Crippen LogP contribution in [0.15, 0.2) is 94.8 Å². The van der Waals surface area contributed by atoms with Crippen molar-refractivity contribution in [3.05, 3.63) is 101 Å². The fraction of sp³-hybridized carbons (Fsp3) is 0.115. The predicted molar refractivity (Wildman–Crippen MR) is 131 cm³/mol. The van der Waals surface area contributed by atoms with Crippen LogP contribution >= 0.6 is 11.8 Å². The third-order valence-electron chi connectivity index (χ3n) is 4.88. The minimum absolute atomic E-state index is 0.0863. The Morgan fingerprint density at radius 1 is 0.970 bits per heavy atom. The number of carboxylic acid groups (broad SMARTS) is 1. The number of carboxylic acids is 1. The van der Waals surface area contributed by atoms with Crippen molar-refractivity contribution in [3.63, 3.8) is 0 Å². The molecule has 1 amide bonds. The molecule has 0 aromatic heterocycles. The van der Waals surface area contributed by atoms with Crippen LogP contribution in [-0.2, 0) is 16.0 Å². The number of aliphatic imine (C=N–C) groups is 1. The molecule has 0 radical (unpaired) electrons. The van der Waals surface area contributed by atoms with Gasteiger partial charge in [0, 0.05) is 6.54 Å². The van der Waals surface area contributed by atoms with Crippen molar-refractivity contribution in [2.24, 2.45) is 4.99 Å². The van der Waals surface area contributed by atoms with Gasteiger partial charge in [0.05, 0.1) is 10.6 Å². The van der Waals surface area contributed by atoms with E-state index in [4.69, 9.17) is 14.8 Å². The maximum atomic E-state index is 13.2. The van der Waals surface area contributed by atoms with E-state index in [1.165, 1.54) is 11.8 Å². The second-order valence-corrected chi connectivity index (χ2v) is 8.29. The van der Waals surface area contributed by atoms with Crippen molar-refractivity contribution >= 4 is 40.6 Å². The first kappa shape index (κ1) is 22.4. The molecule has 1 saturated heterocycles. The molecule has 33 heavy (non-hydrogen) atoms. The summed E-state index contributed by atoms with van der Waals surface area (Å²) in [6, 6.07) is 26.6. The molecular weight excluding hydrogens is 436 g/mol. The number of carbonyl (C=O) groups is 2. The van der Waals surface area contributed by atoms with Crippen LogP contribution in [0, 0.1) is 0 Å². The largest absolute Gasteiger partial charge is 0.482 e. The third kappa shape index (κ3) is 6.11. The average Bonchev–Trinajstić information content (AvgIpc) is 3.12. The maximum absolute atomic E-state index is 13.2. The number of amides is 1. The van der Waals surface area contributed by atoms with Gasteiger partial charge in [-0.3, -0.25) is 9.69 Å². The Morgan fingerprint density at radius 2 is 1.64 bits per heavy atom. The van der Waals surface area contributed by atoms with Crippen molar-refractivity contribution in [2.45, 2.75) is 6.42 Å². The first-order valence-corrected chi connectivity index (χ1v) is 11.2. The molecule has 4 rings (SSSR count). The second kappa shape index (κ2) is 10.7. The minimum atomic E-state index is -1.03. The number of rotatable bonds is 8. The number of amidine groups is 1. The summed E-state index contributed by atoms with van der Waals surface area (Å²) in [5.74, 6) is -0.660. The predicted octanol–water partition coefficient (Wildman–Crippen LogP) is 5.00. The molecule has 7 heteroatoms. The molecule has 1 aliphatic heterocycles. The molecular formula is C26H22N2O4S. The number of benzene rings is 3. The lowest BCUT2D eigenvalue weighted by Crippen LogP contribution is -2.31. The van der Waals surface area contributed by atoms with Gasteiger partial charge >= 0.3 is 5.97 Å². The zero-order valence-corrected chi connectivity index (χ0v) is 18.6. The third-order valence-corrected chi connectivity index (χ3v) is 5.88. The van der Waals surface area contributed by atoms with Crippen LogP contribution < -0.4 is 4.74 Å². The molecule has 0 saturated carbocycles. The van der Waals surface area contributed by atoms with Gasteiger partial charge in [-0.05, 0) is 59.7 Å². The van der Waals surface area contributed by atoms with Gasteiger partial charge in [0.25, 0.3) is 5.91 Å². The molecule has 1 fully saturated rings. The monoisotopic (exact) mass is 458 g/mol.